The van der Waals surface area contributed by atoms with Crippen LogP contribution in [0, 0.1) is 0 Å². The van der Waals surface area contributed by atoms with Gasteiger partial charge in [0.25, 0.3) is 0 Å². The summed E-state index contributed by atoms with van der Waals surface area (Å²) in [5.41, 5.74) is 11.4. The molecular weight excluding hydrogens is 588 g/mol. The van der Waals surface area contributed by atoms with Crippen LogP contribution < -0.4 is 9.80 Å². The van der Waals surface area contributed by atoms with E-state index in [-0.39, 0.29) is 0 Å². The van der Waals surface area contributed by atoms with Crippen molar-refractivity contribution in [2.45, 2.75) is 37.7 Å². The number of hydrogen-bond donors (Lipinski definition) is 0. The first-order valence-electron chi connectivity index (χ1n) is 15.7. The molecule has 0 spiro atoms. The summed E-state index contributed by atoms with van der Waals surface area (Å²) in [6.45, 7) is 13.2. The molecular formula is C39H42N2Zr. The molecule has 0 aliphatic heterocycles. The molecule has 2 aliphatic carbocycles. The molecule has 0 aromatic heterocycles. The molecule has 4 aromatic rings. The van der Waals surface area contributed by atoms with Gasteiger partial charge < -0.3 is 0 Å². The summed E-state index contributed by atoms with van der Waals surface area (Å²) in [4.78, 5) is 5.00. The van der Waals surface area contributed by atoms with E-state index in [1.54, 1.807) is 6.49 Å². The molecule has 0 N–H and O–H groups in total. The van der Waals surface area contributed by atoms with Crippen molar-refractivity contribution in [3.8, 4) is 11.1 Å². The van der Waals surface area contributed by atoms with Crippen LogP contribution in [0.5, 0.6) is 0 Å². The van der Waals surface area contributed by atoms with Crippen molar-refractivity contribution in [2.75, 3.05) is 36.0 Å². The molecule has 42 heavy (non-hydrogen) atoms. The Morgan fingerprint density at radius 2 is 1.12 bits per heavy atom. The van der Waals surface area contributed by atoms with Crippen LogP contribution in [0.15, 0.2) is 119 Å². The molecule has 2 nitrogen and oxygen atoms in total. The molecule has 0 fully saturated rings. The van der Waals surface area contributed by atoms with E-state index in [9.17, 15) is 0 Å². The first-order valence-corrected chi connectivity index (χ1v) is 19.5. The fraction of sp³-hybridized carbons (Fsp3) is 0.256. The topological polar surface area (TPSA) is 6.48 Å². The minimum atomic E-state index is -2.69. The summed E-state index contributed by atoms with van der Waals surface area (Å²) >= 11 is -2.69. The van der Waals surface area contributed by atoms with E-state index in [1.807, 2.05) is 0 Å². The van der Waals surface area contributed by atoms with E-state index in [4.69, 9.17) is 0 Å². The van der Waals surface area contributed by atoms with Gasteiger partial charge in [-0.1, -0.05) is 0 Å². The van der Waals surface area contributed by atoms with Crippen LogP contribution in [-0.4, -0.2) is 29.4 Å². The zero-order chi connectivity index (χ0) is 29.1. The fourth-order valence-corrected chi connectivity index (χ4v) is 15.9. The van der Waals surface area contributed by atoms with Gasteiger partial charge in [-0.25, -0.2) is 0 Å². The predicted molar refractivity (Wildman–Crippen MR) is 179 cm³/mol. The van der Waals surface area contributed by atoms with Crippen molar-refractivity contribution in [1.29, 1.82) is 0 Å². The minimum absolute atomic E-state index is 0.407. The van der Waals surface area contributed by atoms with Crippen LogP contribution in [0.3, 0.4) is 0 Å². The monoisotopic (exact) mass is 628 g/mol. The number of hydrogen-bond acceptors (Lipinski definition) is 2. The summed E-state index contributed by atoms with van der Waals surface area (Å²) in [5.74, 6) is 0. The molecule has 4 aromatic carbocycles. The van der Waals surface area contributed by atoms with Crippen LogP contribution in [0.4, 0.5) is 11.4 Å². The molecule has 0 unspecified atom stereocenters. The molecule has 212 valence electrons. The zero-order valence-corrected chi connectivity index (χ0v) is 27.9. The van der Waals surface area contributed by atoms with Crippen molar-refractivity contribution in [3.63, 3.8) is 0 Å². The normalized spacial score (nSPS) is 13.5. The molecule has 0 atom stereocenters. The quantitative estimate of drug-likeness (QED) is 0.173. The molecule has 0 heterocycles. The average molecular weight is 630 g/mol. The Kier molecular flexibility index (Phi) is 8.87. The van der Waals surface area contributed by atoms with Gasteiger partial charge in [-0.05, 0) is 0 Å². The fourth-order valence-electron chi connectivity index (χ4n) is 6.94. The Morgan fingerprint density at radius 1 is 0.643 bits per heavy atom. The second-order valence-corrected chi connectivity index (χ2v) is 17.4. The molecule has 0 saturated heterocycles. The Balaban J connectivity index is 1.70. The standard InChI is InChI=1S/C21H27N2.C13H10.C5H5.Zr/c1-5-22(6-2)18-9-11-20-16(14-18)13-17-15-19(10-12-21(17)20)23(7-3)8-4;1-3-7-12(8-4-1)11-13-9-5-2-6-10-13;1-2-4-5-3-1;/h9-15H,5-8H2,1-4H3;1-10H;1-3H,4H2;. The van der Waals surface area contributed by atoms with Crippen LogP contribution >= 0.6 is 0 Å². The number of allylic oxidation sites excluding steroid dienone is 4. The van der Waals surface area contributed by atoms with Gasteiger partial charge in [-0.15, -0.1) is 0 Å². The summed E-state index contributed by atoms with van der Waals surface area (Å²) in [7, 11) is 0. The summed E-state index contributed by atoms with van der Waals surface area (Å²) in [5, 5.41) is 0. The van der Waals surface area contributed by atoms with Crippen molar-refractivity contribution >= 4 is 14.6 Å². The zero-order valence-electron chi connectivity index (χ0n) is 25.5. The van der Waals surface area contributed by atoms with Gasteiger partial charge in [-0.2, -0.15) is 0 Å². The van der Waals surface area contributed by atoms with Crippen molar-refractivity contribution in [3.05, 3.63) is 141 Å². The van der Waals surface area contributed by atoms with E-state index < -0.39 is 21.3 Å². The maximum atomic E-state index is 2.56. The van der Waals surface area contributed by atoms with Crippen molar-refractivity contribution < 1.29 is 21.3 Å². The van der Waals surface area contributed by atoms with Crippen LogP contribution in [0.2, 0.25) is 0 Å². The molecule has 0 radical (unpaired) electrons. The van der Waals surface area contributed by atoms with Gasteiger partial charge in [0.1, 0.15) is 0 Å². The summed E-state index contributed by atoms with van der Waals surface area (Å²) in [6.07, 6.45) is 8.23. The second kappa shape index (κ2) is 12.9. The number of benzene rings is 4. The van der Waals surface area contributed by atoms with Gasteiger partial charge >= 0.3 is 262 Å². The molecule has 3 heteroatoms. The molecule has 2 aliphatic rings. The first kappa shape index (κ1) is 28.8. The van der Waals surface area contributed by atoms with E-state index in [0.717, 1.165) is 32.6 Å². The van der Waals surface area contributed by atoms with Gasteiger partial charge in [0.05, 0.1) is 0 Å². The van der Waals surface area contributed by atoms with E-state index in [0.29, 0.717) is 3.63 Å². The van der Waals surface area contributed by atoms with Gasteiger partial charge in [0, 0.05) is 0 Å². The van der Waals surface area contributed by atoms with Gasteiger partial charge in [0.15, 0.2) is 0 Å². The summed E-state index contributed by atoms with van der Waals surface area (Å²) in [6, 6.07) is 37.2. The Hall–Kier alpha value is -3.29. The number of anilines is 2. The molecule has 6 rings (SSSR count). The third-order valence-corrected chi connectivity index (χ3v) is 17.3. The molecule has 0 saturated carbocycles. The second-order valence-electron chi connectivity index (χ2n) is 11.2. The molecule has 0 bridgehead atoms. The van der Waals surface area contributed by atoms with Gasteiger partial charge in [0.2, 0.25) is 0 Å². The average Bonchev–Trinajstić information content (AvgIpc) is 3.68. The third kappa shape index (κ3) is 5.33. The Morgan fingerprint density at radius 3 is 1.52 bits per heavy atom. The molecule has 0 amide bonds. The van der Waals surface area contributed by atoms with Crippen LogP contribution in [-0.2, 0) is 21.3 Å². The van der Waals surface area contributed by atoms with Crippen molar-refractivity contribution in [2.24, 2.45) is 0 Å². The summed E-state index contributed by atoms with van der Waals surface area (Å²) < 4.78 is 3.70. The third-order valence-electron chi connectivity index (χ3n) is 9.04. The SMILES string of the molecule is CCN(CC)c1ccc2c(c1)[CH]([Zr]([C]1=CC=CC1)=[C](c1ccccc1)c1ccccc1)c1cc(N(CC)CC)ccc1-2. The van der Waals surface area contributed by atoms with Crippen LogP contribution in [0.1, 0.15) is 60.0 Å². The Bertz CT molecular complexity index is 1540. The van der Waals surface area contributed by atoms with E-state index in [1.165, 1.54) is 44.8 Å². The maximum absolute atomic E-state index is 2.69. The van der Waals surface area contributed by atoms with Crippen LogP contribution in [0.25, 0.3) is 11.1 Å². The number of rotatable bonds is 10. The predicted octanol–water partition coefficient (Wildman–Crippen LogP) is 9.18. The first-order chi connectivity index (χ1) is 20.7. The number of nitrogens with zero attached hydrogens (tertiary/aromatic N) is 2. The number of fused-ring (bicyclic) bond motifs is 3. The van der Waals surface area contributed by atoms with Gasteiger partial charge in [-0.3, -0.25) is 0 Å². The van der Waals surface area contributed by atoms with Crippen molar-refractivity contribution in [1.82, 2.24) is 0 Å². The van der Waals surface area contributed by atoms with E-state index in [2.05, 4.69) is 153 Å². The Labute approximate surface area is 260 Å². The van der Waals surface area contributed by atoms with E-state index >= 15 is 0 Å².